The van der Waals surface area contributed by atoms with Crippen LogP contribution < -0.4 is 0 Å². The third-order valence-corrected chi connectivity index (χ3v) is 4.36. The molecule has 0 aliphatic carbocycles. The van der Waals surface area contributed by atoms with Gasteiger partial charge < -0.3 is 10.0 Å². The lowest BCUT2D eigenvalue weighted by Gasteiger charge is -2.25. The Morgan fingerprint density at radius 3 is 2.71 bits per heavy atom. The molecule has 0 bridgehead atoms. The number of benzene rings is 2. The minimum absolute atomic E-state index is 0.189. The molecule has 2 N–H and O–H groups in total. The van der Waals surface area contributed by atoms with Crippen LogP contribution in [0.3, 0.4) is 0 Å². The number of aliphatic hydroxyl groups is 1. The van der Waals surface area contributed by atoms with E-state index in [1.54, 1.807) is 35.2 Å². The van der Waals surface area contributed by atoms with Crippen LogP contribution in [0.25, 0.3) is 11.0 Å². The number of aromatic amines is 1. The lowest BCUT2D eigenvalue weighted by molar-refractivity contribution is 0.0716. The van der Waals surface area contributed by atoms with Crippen LogP contribution in [-0.4, -0.2) is 44.0 Å². The minimum atomic E-state index is -0.597. The normalized spacial score (nSPS) is 20.7. The van der Waals surface area contributed by atoms with E-state index in [0.717, 1.165) is 5.56 Å². The van der Waals surface area contributed by atoms with E-state index in [-0.39, 0.29) is 24.3 Å². The number of halogens is 1. The molecule has 1 aliphatic heterocycles. The highest BCUT2D eigenvalue weighted by atomic mass is 19.1. The van der Waals surface area contributed by atoms with Gasteiger partial charge in [-0.25, -0.2) is 4.39 Å². The Morgan fingerprint density at radius 2 is 1.92 bits per heavy atom. The molecule has 0 spiro atoms. The average Bonchev–Trinajstić information content (AvgIpc) is 3.20. The number of aliphatic hydroxyl groups excluding tert-OH is 1. The number of fused-ring (bicyclic) bond motifs is 1. The van der Waals surface area contributed by atoms with Crippen molar-refractivity contribution in [2.45, 2.75) is 18.6 Å². The van der Waals surface area contributed by atoms with Crippen molar-refractivity contribution >= 4 is 16.9 Å². The van der Waals surface area contributed by atoms with Crippen molar-refractivity contribution in [3.05, 3.63) is 59.4 Å². The maximum Gasteiger partial charge on any atom is 0.254 e. The molecule has 0 unspecified atom stereocenters. The van der Waals surface area contributed by atoms with E-state index in [1.807, 2.05) is 0 Å². The van der Waals surface area contributed by atoms with Gasteiger partial charge in [0.05, 0.1) is 12.1 Å². The predicted octanol–water partition coefficient (Wildman–Crippen LogP) is 2.05. The Hall–Kier alpha value is -2.80. The summed E-state index contributed by atoms with van der Waals surface area (Å²) in [5.41, 5.74) is 2.59. The van der Waals surface area contributed by atoms with Crippen LogP contribution in [0.5, 0.6) is 0 Å². The van der Waals surface area contributed by atoms with Crippen molar-refractivity contribution in [3.63, 3.8) is 0 Å². The van der Waals surface area contributed by atoms with Gasteiger partial charge in [-0.05, 0) is 42.3 Å². The van der Waals surface area contributed by atoms with E-state index in [4.69, 9.17) is 0 Å². The number of nitrogens with one attached hydrogen (secondary N) is 1. The van der Waals surface area contributed by atoms with Gasteiger partial charge in [0.15, 0.2) is 0 Å². The molecule has 122 valence electrons. The van der Waals surface area contributed by atoms with Crippen LogP contribution >= 0.6 is 0 Å². The summed E-state index contributed by atoms with van der Waals surface area (Å²) < 4.78 is 13.1. The van der Waals surface area contributed by atoms with Crippen LogP contribution in [0.1, 0.15) is 28.4 Å². The second kappa shape index (κ2) is 5.68. The summed E-state index contributed by atoms with van der Waals surface area (Å²) in [5, 5.41) is 20.5. The molecular formula is C17H15FN4O2. The Labute approximate surface area is 136 Å². The number of likely N-dealkylation sites (tertiary alicyclic amines) is 1. The van der Waals surface area contributed by atoms with Gasteiger partial charge in [-0.1, -0.05) is 12.1 Å². The lowest BCUT2D eigenvalue weighted by atomic mass is 10.0. The second-order valence-electron chi connectivity index (χ2n) is 5.94. The van der Waals surface area contributed by atoms with Gasteiger partial charge in [0.25, 0.3) is 5.91 Å². The second-order valence-corrected chi connectivity index (χ2v) is 5.94. The number of aromatic nitrogens is 3. The first-order valence-corrected chi connectivity index (χ1v) is 7.67. The minimum Gasteiger partial charge on any atom is -0.391 e. The maximum absolute atomic E-state index is 13.1. The molecule has 1 aromatic heterocycles. The third kappa shape index (κ3) is 2.52. The van der Waals surface area contributed by atoms with Crippen LogP contribution in [0.2, 0.25) is 0 Å². The van der Waals surface area contributed by atoms with Gasteiger partial charge in [-0.3, -0.25) is 4.79 Å². The number of nitrogens with zero attached hydrogens (tertiary/aromatic N) is 3. The number of rotatable bonds is 2. The van der Waals surface area contributed by atoms with E-state index in [9.17, 15) is 14.3 Å². The predicted molar refractivity (Wildman–Crippen MR) is 84.7 cm³/mol. The molecule has 3 aromatic rings. The molecule has 7 heteroatoms. The van der Waals surface area contributed by atoms with E-state index in [2.05, 4.69) is 15.4 Å². The monoisotopic (exact) mass is 326 g/mol. The molecule has 4 rings (SSSR count). The summed E-state index contributed by atoms with van der Waals surface area (Å²) in [5.74, 6) is -0.516. The number of β-amino-alcohol motifs (C(OH)–C–C–N with tert-alkyl or cyclic N) is 1. The first-order valence-electron chi connectivity index (χ1n) is 7.67. The van der Waals surface area contributed by atoms with Gasteiger partial charge in [-0.2, -0.15) is 15.4 Å². The highest BCUT2D eigenvalue weighted by molar-refractivity contribution is 5.97. The van der Waals surface area contributed by atoms with E-state index >= 15 is 0 Å². The Balaban J connectivity index is 1.67. The molecule has 2 aromatic carbocycles. The topological polar surface area (TPSA) is 82.1 Å². The molecule has 0 saturated carbocycles. The zero-order valence-electron chi connectivity index (χ0n) is 12.7. The number of hydrogen-bond donors (Lipinski definition) is 2. The molecule has 6 nitrogen and oxygen atoms in total. The smallest absolute Gasteiger partial charge is 0.254 e. The highest BCUT2D eigenvalue weighted by Crippen LogP contribution is 2.33. The van der Waals surface area contributed by atoms with Gasteiger partial charge in [0.1, 0.15) is 16.9 Å². The first kappa shape index (κ1) is 14.8. The van der Waals surface area contributed by atoms with E-state index in [1.165, 1.54) is 12.1 Å². The van der Waals surface area contributed by atoms with Crippen molar-refractivity contribution in [2.24, 2.45) is 0 Å². The molecule has 24 heavy (non-hydrogen) atoms. The van der Waals surface area contributed by atoms with Gasteiger partial charge >= 0.3 is 0 Å². The van der Waals surface area contributed by atoms with Crippen LogP contribution in [0, 0.1) is 5.82 Å². The quantitative estimate of drug-likeness (QED) is 0.755. The van der Waals surface area contributed by atoms with Crippen LogP contribution in [-0.2, 0) is 0 Å². The number of carbonyl (C=O) groups excluding carboxylic acids is 1. The lowest BCUT2D eigenvalue weighted by Crippen LogP contribution is -2.31. The molecule has 2 heterocycles. The highest BCUT2D eigenvalue weighted by Gasteiger charge is 2.35. The Kier molecular flexibility index (Phi) is 3.50. The van der Waals surface area contributed by atoms with E-state index < -0.39 is 6.10 Å². The maximum atomic E-state index is 13.1. The summed E-state index contributed by atoms with van der Waals surface area (Å²) in [4.78, 5) is 14.5. The summed E-state index contributed by atoms with van der Waals surface area (Å²) >= 11 is 0. The summed E-state index contributed by atoms with van der Waals surface area (Å²) in [6, 6.07) is 10.9. The first-order chi connectivity index (χ1) is 11.6. The molecule has 1 saturated heterocycles. The van der Waals surface area contributed by atoms with Crippen molar-refractivity contribution in [2.75, 3.05) is 6.54 Å². The fourth-order valence-electron chi connectivity index (χ4n) is 3.18. The number of amides is 1. The largest absolute Gasteiger partial charge is 0.391 e. The van der Waals surface area contributed by atoms with Gasteiger partial charge in [0.2, 0.25) is 0 Å². The molecule has 0 radical (unpaired) electrons. The molecule has 2 atom stereocenters. The summed E-state index contributed by atoms with van der Waals surface area (Å²) in [7, 11) is 0. The van der Waals surface area contributed by atoms with E-state index in [0.29, 0.717) is 23.0 Å². The zero-order valence-corrected chi connectivity index (χ0v) is 12.7. The van der Waals surface area contributed by atoms with Crippen molar-refractivity contribution in [1.82, 2.24) is 20.3 Å². The van der Waals surface area contributed by atoms with Crippen LogP contribution in [0.4, 0.5) is 4.39 Å². The SMILES string of the molecule is O=C(c1ccc2n[nH]nc2c1)N1C[C@H](O)C[C@@H]1c1ccc(F)cc1. The third-order valence-electron chi connectivity index (χ3n) is 4.36. The fourth-order valence-corrected chi connectivity index (χ4v) is 3.18. The Bertz CT molecular complexity index is 893. The van der Waals surface area contributed by atoms with Crippen molar-refractivity contribution in [3.8, 4) is 0 Å². The number of hydrogen-bond acceptors (Lipinski definition) is 4. The molecular weight excluding hydrogens is 311 g/mol. The van der Waals surface area contributed by atoms with Crippen LogP contribution in [0.15, 0.2) is 42.5 Å². The standard InChI is InChI=1S/C17H15FN4O2/c18-12-4-1-10(2-5-12)16-8-13(23)9-22(16)17(24)11-3-6-14-15(7-11)20-21-19-14/h1-7,13,16,23H,8-9H2,(H,19,20,21)/t13-,16-/m1/s1. The number of H-pyrrole nitrogens is 1. The van der Waals surface area contributed by atoms with Crippen molar-refractivity contribution in [1.29, 1.82) is 0 Å². The average molecular weight is 326 g/mol. The van der Waals surface area contributed by atoms with Crippen molar-refractivity contribution < 1.29 is 14.3 Å². The molecule has 1 amide bonds. The van der Waals surface area contributed by atoms with Gasteiger partial charge in [0, 0.05) is 12.1 Å². The Morgan fingerprint density at radius 1 is 1.17 bits per heavy atom. The molecule has 1 fully saturated rings. The fraction of sp³-hybridized carbons (Fsp3) is 0.235. The zero-order chi connectivity index (χ0) is 16.7. The summed E-state index contributed by atoms with van der Waals surface area (Å²) in [6.07, 6.45) is -0.163. The molecule has 1 aliphatic rings. The van der Waals surface area contributed by atoms with Gasteiger partial charge in [-0.15, -0.1) is 0 Å². The summed E-state index contributed by atoms with van der Waals surface area (Å²) in [6.45, 7) is 0.248. The number of carbonyl (C=O) groups is 1.